The largest absolute Gasteiger partial charge is 0.481 e. The quantitative estimate of drug-likeness (QED) is 0.649. The summed E-state index contributed by atoms with van der Waals surface area (Å²) in [6, 6.07) is 4.11. The van der Waals surface area contributed by atoms with Crippen LogP contribution in [0.2, 0.25) is 0 Å². The Labute approximate surface area is 145 Å². The number of hydrogen-bond donors (Lipinski definition) is 1. The van der Waals surface area contributed by atoms with Gasteiger partial charge in [0.1, 0.15) is 4.32 Å². The van der Waals surface area contributed by atoms with E-state index in [4.69, 9.17) is 17.3 Å². The number of rotatable bonds is 5. The third-order valence-electron chi connectivity index (χ3n) is 3.89. The molecule has 4 nitrogen and oxygen atoms in total. The predicted octanol–water partition coefficient (Wildman–Crippen LogP) is 3.68. The van der Waals surface area contributed by atoms with Gasteiger partial charge in [0.05, 0.1) is 4.91 Å². The molecule has 23 heavy (non-hydrogen) atoms. The maximum absolute atomic E-state index is 12.4. The maximum Gasteiger partial charge on any atom is 0.303 e. The van der Waals surface area contributed by atoms with Crippen LogP contribution in [0.25, 0.3) is 6.08 Å². The van der Waals surface area contributed by atoms with Crippen molar-refractivity contribution in [2.75, 3.05) is 6.54 Å². The smallest absolute Gasteiger partial charge is 0.303 e. The molecule has 0 saturated carbocycles. The monoisotopic (exact) mass is 349 g/mol. The highest BCUT2D eigenvalue weighted by Crippen LogP contribution is 2.33. The van der Waals surface area contributed by atoms with E-state index in [-0.39, 0.29) is 12.3 Å². The molecule has 1 aliphatic heterocycles. The highest BCUT2D eigenvalue weighted by molar-refractivity contribution is 8.26. The Bertz CT molecular complexity index is 687. The molecule has 1 fully saturated rings. The molecule has 1 aliphatic rings. The molecule has 0 atom stereocenters. The summed E-state index contributed by atoms with van der Waals surface area (Å²) in [6.45, 7) is 6.53. The fourth-order valence-electron chi connectivity index (χ4n) is 2.39. The first-order valence-electron chi connectivity index (χ1n) is 7.34. The summed E-state index contributed by atoms with van der Waals surface area (Å²) in [7, 11) is 0. The molecule has 1 heterocycles. The van der Waals surface area contributed by atoms with Crippen LogP contribution in [0.4, 0.5) is 0 Å². The molecular formula is C17H19NO3S2. The molecule has 1 aromatic rings. The van der Waals surface area contributed by atoms with E-state index >= 15 is 0 Å². The lowest BCUT2D eigenvalue weighted by atomic mass is 10.0. The summed E-state index contributed by atoms with van der Waals surface area (Å²) in [5, 5.41) is 8.69. The first kappa shape index (κ1) is 17.7. The number of hydrogen-bond acceptors (Lipinski definition) is 4. The molecule has 0 aromatic heterocycles. The number of carbonyl (C=O) groups excluding carboxylic acids is 1. The van der Waals surface area contributed by atoms with Crippen LogP contribution in [-0.4, -0.2) is 32.7 Å². The summed E-state index contributed by atoms with van der Waals surface area (Å²) in [6.07, 6.45) is 2.29. The van der Waals surface area contributed by atoms with E-state index in [2.05, 4.69) is 32.9 Å². The molecule has 1 N–H and O–H groups in total. The number of nitrogens with zero attached hydrogens (tertiary/aromatic N) is 1. The molecule has 0 aliphatic carbocycles. The molecule has 0 unspecified atom stereocenters. The van der Waals surface area contributed by atoms with E-state index in [1.54, 1.807) is 0 Å². The van der Waals surface area contributed by atoms with Gasteiger partial charge in [-0.1, -0.05) is 36.1 Å². The standard InChI is InChI=1S/C17H19NO3S2/c1-10-7-13(8-11(2)12(10)3)9-14-16(21)18(17(22)23-14)6-4-5-15(19)20/h7-9H,4-6H2,1-3H3,(H,19,20)/b14-9-. The number of carboxylic acid groups (broad SMARTS) is 1. The van der Waals surface area contributed by atoms with Gasteiger partial charge >= 0.3 is 5.97 Å². The Morgan fingerprint density at radius 2 is 1.91 bits per heavy atom. The van der Waals surface area contributed by atoms with Crippen molar-refractivity contribution in [1.82, 2.24) is 4.90 Å². The first-order valence-corrected chi connectivity index (χ1v) is 8.57. The zero-order chi connectivity index (χ0) is 17.1. The third-order valence-corrected chi connectivity index (χ3v) is 5.27. The van der Waals surface area contributed by atoms with Gasteiger partial charge in [0, 0.05) is 13.0 Å². The van der Waals surface area contributed by atoms with Crippen LogP contribution in [0, 0.1) is 20.8 Å². The Kier molecular flexibility index (Phi) is 5.59. The van der Waals surface area contributed by atoms with Crippen LogP contribution < -0.4 is 0 Å². The van der Waals surface area contributed by atoms with Gasteiger partial charge in [0.2, 0.25) is 0 Å². The molecule has 1 aromatic carbocycles. The van der Waals surface area contributed by atoms with Crippen LogP contribution in [0.1, 0.15) is 35.1 Å². The van der Waals surface area contributed by atoms with Gasteiger partial charge in [-0.05, 0) is 55.5 Å². The minimum atomic E-state index is -0.864. The molecule has 1 saturated heterocycles. The summed E-state index contributed by atoms with van der Waals surface area (Å²) < 4.78 is 0.493. The summed E-state index contributed by atoms with van der Waals surface area (Å²) in [4.78, 5) is 25.1. The topological polar surface area (TPSA) is 57.6 Å². The maximum atomic E-state index is 12.4. The molecule has 1 amide bonds. The minimum absolute atomic E-state index is 0.0342. The van der Waals surface area contributed by atoms with Crippen molar-refractivity contribution in [2.24, 2.45) is 0 Å². The summed E-state index contributed by atoms with van der Waals surface area (Å²) >= 11 is 6.51. The van der Waals surface area contributed by atoms with Gasteiger partial charge in [0.25, 0.3) is 5.91 Å². The van der Waals surface area contributed by atoms with Crippen molar-refractivity contribution >= 4 is 46.3 Å². The van der Waals surface area contributed by atoms with Gasteiger partial charge in [-0.3, -0.25) is 14.5 Å². The first-order chi connectivity index (χ1) is 10.8. The number of carboxylic acids is 1. The number of amides is 1. The van der Waals surface area contributed by atoms with E-state index < -0.39 is 5.97 Å². The number of benzene rings is 1. The van der Waals surface area contributed by atoms with E-state index in [1.807, 2.05) is 6.08 Å². The number of thiocarbonyl (C=S) groups is 1. The van der Waals surface area contributed by atoms with E-state index in [1.165, 1.54) is 33.4 Å². The normalized spacial score (nSPS) is 16.5. The average Bonchev–Trinajstić information content (AvgIpc) is 2.71. The Morgan fingerprint density at radius 3 is 2.48 bits per heavy atom. The zero-order valence-corrected chi connectivity index (χ0v) is 15.0. The van der Waals surface area contributed by atoms with Gasteiger partial charge in [-0.25, -0.2) is 0 Å². The van der Waals surface area contributed by atoms with Crippen LogP contribution >= 0.6 is 24.0 Å². The SMILES string of the molecule is Cc1cc(/C=C2\SC(=S)N(CCCC(=O)O)C2=O)cc(C)c1C. The Hall–Kier alpha value is -1.66. The molecule has 2 rings (SSSR count). The zero-order valence-electron chi connectivity index (χ0n) is 13.4. The van der Waals surface area contributed by atoms with Gasteiger partial charge < -0.3 is 5.11 Å². The van der Waals surface area contributed by atoms with Crippen LogP contribution in [0.15, 0.2) is 17.0 Å². The van der Waals surface area contributed by atoms with Crippen LogP contribution in [0.3, 0.4) is 0 Å². The second-order valence-electron chi connectivity index (χ2n) is 5.61. The average molecular weight is 349 g/mol. The molecular weight excluding hydrogens is 330 g/mol. The molecule has 0 bridgehead atoms. The van der Waals surface area contributed by atoms with Gasteiger partial charge in [0.15, 0.2) is 0 Å². The summed E-state index contributed by atoms with van der Waals surface area (Å²) in [5.74, 6) is -1.00. The van der Waals surface area contributed by atoms with Crippen molar-refractivity contribution in [2.45, 2.75) is 33.6 Å². The Morgan fingerprint density at radius 1 is 1.30 bits per heavy atom. The van der Waals surface area contributed by atoms with E-state index in [0.29, 0.717) is 22.2 Å². The highest BCUT2D eigenvalue weighted by Gasteiger charge is 2.31. The van der Waals surface area contributed by atoms with E-state index in [9.17, 15) is 9.59 Å². The van der Waals surface area contributed by atoms with Crippen molar-refractivity contribution in [1.29, 1.82) is 0 Å². The molecule has 0 radical (unpaired) electrons. The lowest BCUT2D eigenvalue weighted by molar-refractivity contribution is -0.137. The molecule has 6 heteroatoms. The second-order valence-corrected chi connectivity index (χ2v) is 7.29. The number of aliphatic carboxylic acids is 1. The molecule has 0 spiro atoms. The molecule has 122 valence electrons. The number of thioether (sulfide) groups is 1. The lowest BCUT2D eigenvalue weighted by Gasteiger charge is -2.13. The van der Waals surface area contributed by atoms with Crippen molar-refractivity contribution in [3.05, 3.63) is 39.3 Å². The van der Waals surface area contributed by atoms with E-state index in [0.717, 1.165) is 5.56 Å². The third kappa shape index (κ3) is 4.20. The number of aryl methyl sites for hydroxylation is 2. The lowest BCUT2D eigenvalue weighted by Crippen LogP contribution is -2.29. The fourth-order valence-corrected chi connectivity index (χ4v) is 3.69. The van der Waals surface area contributed by atoms with Crippen molar-refractivity contribution in [3.8, 4) is 0 Å². The second kappa shape index (κ2) is 7.27. The predicted molar refractivity (Wildman–Crippen MR) is 97.4 cm³/mol. The fraction of sp³-hybridized carbons (Fsp3) is 0.353. The van der Waals surface area contributed by atoms with Crippen LogP contribution in [0.5, 0.6) is 0 Å². The van der Waals surface area contributed by atoms with Gasteiger partial charge in [-0.2, -0.15) is 0 Å². The van der Waals surface area contributed by atoms with Crippen molar-refractivity contribution < 1.29 is 14.7 Å². The van der Waals surface area contributed by atoms with Crippen LogP contribution in [-0.2, 0) is 9.59 Å². The van der Waals surface area contributed by atoms with Crippen molar-refractivity contribution in [3.63, 3.8) is 0 Å². The minimum Gasteiger partial charge on any atom is -0.481 e. The summed E-state index contributed by atoms with van der Waals surface area (Å²) in [5.41, 5.74) is 4.61. The van der Waals surface area contributed by atoms with Gasteiger partial charge in [-0.15, -0.1) is 0 Å². The highest BCUT2D eigenvalue weighted by atomic mass is 32.2. The Balaban J connectivity index is 2.17. The number of carbonyl (C=O) groups is 2.